The van der Waals surface area contributed by atoms with Crippen LogP contribution in [0.2, 0.25) is 0 Å². The standard InChI is InChI=1S/C13H21NO/c1-13(2)6-3-8-14(9-7-13)11-4-5-12(15)10-11/h10H,3-9H2,1-2H3. The Morgan fingerprint density at radius 1 is 1.20 bits per heavy atom. The van der Waals surface area contributed by atoms with E-state index in [4.69, 9.17) is 0 Å². The monoisotopic (exact) mass is 207 g/mol. The van der Waals surface area contributed by atoms with Crippen LogP contribution in [-0.4, -0.2) is 23.8 Å². The molecule has 0 aromatic rings. The minimum atomic E-state index is 0.313. The van der Waals surface area contributed by atoms with Gasteiger partial charge in [0.05, 0.1) is 0 Å². The lowest BCUT2D eigenvalue weighted by Crippen LogP contribution is -2.24. The molecule has 0 unspecified atom stereocenters. The molecule has 15 heavy (non-hydrogen) atoms. The van der Waals surface area contributed by atoms with Crippen molar-refractivity contribution < 1.29 is 4.79 Å². The summed E-state index contributed by atoms with van der Waals surface area (Å²) in [5.41, 5.74) is 1.77. The molecule has 0 aromatic heterocycles. The lowest BCUT2D eigenvalue weighted by molar-refractivity contribution is -0.114. The summed E-state index contributed by atoms with van der Waals surface area (Å²) in [7, 11) is 0. The molecule has 84 valence electrons. The van der Waals surface area contributed by atoms with Crippen molar-refractivity contribution in [2.45, 2.75) is 46.0 Å². The Balaban J connectivity index is 2.00. The molecule has 2 heteroatoms. The molecule has 0 saturated carbocycles. The molecule has 1 heterocycles. The van der Waals surface area contributed by atoms with Gasteiger partial charge in [0.15, 0.2) is 5.78 Å². The zero-order chi connectivity index (χ0) is 10.9. The van der Waals surface area contributed by atoms with Crippen molar-refractivity contribution in [3.63, 3.8) is 0 Å². The highest BCUT2D eigenvalue weighted by Crippen LogP contribution is 2.32. The topological polar surface area (TPSA) is 20.3 Å². The lowest BCUT2D eigenvalue weighted by Gasteiger charge is -2.25. The normalized spacial score (nSPS) is 26.4. The zero-order valence-corrected chi connectivity index (χ0v) is 9.88. The third kappa shape index (κ3) is 2.61. The van der Waals surface area contributed by atoms with Gasteiger partial charge < -0.3 is 4.90 Å². The minimum Gasteiger partial charge on any atom is -0.375 e. The van der Waals surface area contributed by atoms with E-state index in [0.29, 0.717) is 11.2 Å². The molecule has 2 aliphatic rings. The number of rotatable bonds is 1. The average molecular weight is 207 g/mol. The number of nitrogens with zero attached hydrogens (tertiary/aromatic N) is 1. The van der Waals surface area contributed by atoms with Crippen LogP contribution in [0.3, 0.4) is 0 Å². The molecule has 1 saturated heterocycles. The van der Waals surface area contributed by atoms with E-state index >= 15 is 0 Å². The predicted octanol–water partition coefficient (Wildman–Crippen LogP) is 2.75. The molecule has 0 N–H and O–H groups in total. The van der Waals surface area contributed by atoms with Crippen LogP contribution in [0.5, 0.6) is 0 Å². The van der Waals surface area contributed by atoms with Gasteiger partial charge in [-0.3, -0.25) is 4.79 Å². The second-order valence-electron chi connectivity index (χ2n) is 5.61. The predicted molar refractivity (Wildman–Crippen MR) is 61.5 cm³/mol. The van der Waals surface area contributed by atoms with Gasteiger partial charge in [0.25, 0.3) is 0 Å². The Kier molecular flexibility index (Phi) is 2.85. The van der Waals surface area contributed by atoms with Gasteiger partial charge in [0, 0.05) is 31.3 Å². The Hall–Kier alpha value is -0.790. The first kappa shape index (κ1) is 10.7. The molecule has 0 atom stereocenters. The van der Waals surface area contributed by atoms with Crippen molar-refractivity contribution in [2.24, 2.45) is 5.41 Å². The summed E-state index contributed by atoms with van der Waals surface area (Å²) >= 11 is 0. The summed E-state index contributed by atoms with van der Waals surface area (Å²) in [6, 6.07) is 0. The van der Waals surface area contributed by atoms with Crippen LogP contribution >= 0.6 is 0 Å². The van der Waals surface area contributed by atoms with Crippen molar-refractivity contribution in [1.29, 1.82) is 0 Å². The van der Waals surface area contributed by atoms with Crippen molar-refractivity contribution >= 4 is 5.78 Å². The smallest absolute Gasteiger partial charge is 0.157 e. The molecule has 2 rings (SSSR count). The SMILES string of the molecule is CC1(C)CCCN(C2=CC(=O)CC2)CC1. The van der Waals surface area contributed by atoms with Crippen LogP contribution in [0.25, 0.3) is 0 Å². The van der Waals surface area contributed by atoms with Gasteiger partial charge in [0.2, 0.25) is 0 Å². The van der Waals surface area contributed by atoms with Crippen LogP contribution in [0.1, 0.15) is 46.0 Å². The van der Waals surface area contributed by atoms with Crippen LogP contribution in [0.15, 0.2) is 11.8 Å². The molecular weight excluding hydrogens is 186 g/mol. The molecule has 0 aromatic carbocycles. The molecule has 1 fully saturated rings. The number of carbonyl (C=O) groups excluding carboxylic acids is 1. The highest BCUT2D eigenvalue weighted by Gasteiger charge is 2.25. The van der Waals surface area contributed by atoms with Crippen LogP contribution < -0.4 is 0 Å². The van der Waals surface area contributed by atoms with E-state index in [2.05, 4.69) is 18.7 Å². The molecule has 0 spiro atoms. The van der Waals surface area contributed by atoms with Crippen molar-refractivity contribution in [2.75, 3.05) is 13.1 Å². The molecule has 0 radical (unpaired) electrons. The number of carbonyl (C=O) groups is 1. The second kappa shape index (κ2) is 3.99. The maximum atomic E-state index is 11.2. The van der Waals surface area contributed by atoms with E-state index < -0.39 is 0 Å². The molecular formula is C13H21NO. The largest absolute Gasteiger partial charge is 0.375 e. The van der Waals surface area contributed by atoms with Gasteiger partial charge in [-0.1, -0.05) is 13.8 Å². The molecule has 0 amide bonds. The second-order valence-corrected chi connectivity index (χ2v) is 5.61. The number of allylic oxidation sites excluding steroid dienone is 2. The van der Waals surface area contributed by atoms with Gasteiger partial charge >= 0.3 is 0 Å². The Morgan fingerprint density at radius 3 is 2.67 bits per heavy atom. The van der Waals surface area contributed by atoms with E-state index in [1.807, 2.05) is 6.08 Å². The van der Waals surface area contributed by atoms with Gasteiger partial charge in [-0.25, -0.2) is 0 Å². The number of ketones is 1. The van der Waals surface area contributed by atoms with Gasteiger partial charge in [-0.05, 0) is 31.1 Å². The Bertz CT molecular complexity index is 291. The zero-order valence-electron chi connectivity index (χ0n) is 9.88. The molecule has 1 aliphatic heterocycles. The van der Waals surface area contributed by atoms with Gasteiger partial charge in [0.1, 0.15) is 0 Å². The lowest BCUT2D eigenvalue weighted by atomic mass is 9.85. The quantitative estimate of drug-likeness (QED) is 0.659. The highest BCUT2D eigenvalue weighted by molar-refractivity contribution is 5.92. The fourth-order valence-corrected chi connectivity index (χ4v) is 2.54. The van der Waals surface area contributed by atoms with Gasteiger partial charge in [-0.2, -0.15) is 0 Å². The maximum absolute atomic E-state index is 11.2. The van der Waals surface area contributed by atoms with Crippen molar-refractivity contribution in [3.05, 3.63) is 11.8 Å². The minimum absolute atomic E-state index is 0.313. The van der Waals surface area contributed by atoms with Crippen LogP contribution in [-0.2, 0) is 4.79 Å². The fourth-order valence-electron chi connectivity index (χ4n) is 2.54. The summed E-state index contributed by atoms with van der Waals surface area (Å²) in [6.45, 7) is 6.98. The Morgan fingerprint density at radius 2 is 2.00 bits per heavy atom. The average Bonchev–Trinajstić information content (AvgIpc) is 2.49. The summed E-state index contributed by atoms with van der Waals surface area (Å²) in [4.78, 5) is 13.6. The van der Waals surface area contributed by atoms with E-state index in [9.17, 15) is 4.79 Å². The summed E-state index contributed by atoms with van der Waals surface area (Å²) in [6.07, 6.45) is 7.38. The first-order chi connectivity index (χ1) is 7.07. The number of hydrogen-bond acceptors (Lipinski definition) is 2. The number of likely N-dealkylation sites (tertiary alicyclic amines) is 1. The summed E-state index contributed by atoms with van der Waals surface area (Å²) in [5.74, 6) is 0.313. The number of hydrogen-bond donors (Lipinski definition) is 0. The summed E-state index contributed by atoms with van der Waals surface area (Å²) in [5, 5.41) is 0. The Labute approximate surface area is 92.3 Å². The first-order valence-corrected chi connectivity index (χ1v) is 6.05. The molecule has 2 nitrogen and oxygen atoms in total. The van der Waals surface area contributed by atoms with Crippen LogP contribution in [0, 0.1) is 5.41 Å². The third-order valence-electron chi connectivity index (χ3n) is 3.70. The van der Waals surface area contributed by atoms with E-state index in [0.717, 1.165) is 25.9 Å². The molecule has 1 aliphatic carbocycles. The summed E-state index contributed by atoms with van der Waals surface area (Å²) < 4.78 is 0. The van der Waals surface area contributed by atoms with E-state index in [1.54, 1.807) is 0 Å². The van der Waals surface area contributed by atoms with E-state index in [1.165, 1.54) is 25.0 Å². The fraction of sp³-hybridized carbons (Fsp3) is 0.769. The van der Waals surface area contributed by atoms with Gasteiger partial charge in [-0.15, -0.1) is 0 Å². The highest BCUT2D eigenvalue weighted by atomic mass is 16.1. The maximum Gasteiger partial charge on any atom is 0.157 e. The van der Waals surface area contributed by atoms with E-state index in [-0.39, 0.29) is 0 Å². The first-order valence-electron chi connectivity index (χ1n) is 6.05. The van der Waals surface area contributed by atoms with Crippen molar-refractivity contribution in [1.82, 2.24) is 4.90 Å². The molecule has 0 bridgehead atoms. The van der Waals surface area contributed by atoms with Crippen molar-refractivity contribution in [3.8, 4) is 0 Å². The van der Waals surface area contributed by atoms with Crippen LogP contribution in [0.4, 0.5) is 0 Å². The third-order valence-corrected chi connectivity index (χ3v) is 3.70.